The molecule has 15 heavy (non-hydrogen) atoms. The second-order valence-corrected chi connectivity index (χ2v) is 5.34. The van der Waals surface area contributed by atoms with Crippen LogP contribution in [0.3, 0.4) is 0 Å². The number of amides is 2. The highest BCUT2D eigenvalue weighted by Crippen LogP contribution is 2.24. The smallest absolute Gasteiger partial charge is 0.315 e. The van der Waals surface area contributed by atoms with Crippen molar-refractivity contribution in [2.75, 3.05) is 6.54 Å². The molecule has 0 aliphatic heterocycles. The van der Waals surface area contributed by atoms with Crippen LogP contribution < -0.4 is 10.6 Å². The molecule has 2 unspecified atom stereocenters. The topological polar surface area (TPSA) is 61.4 Å². The molecule has 0 aromatic heterocycles. The summed E-state index contributed by atoms with van der Waals surface area (Å²) < 4.78 is 0. The van der Waals surface area contributed by atoms with Gasteiger partial charge in [-0.3, -0.25) is 0 Å². The van der Waals surface area contributed by atoms with Crippen molar-refractivity contribution in [3.63, 3.8) is 0 Å². The Labute approximate surface area is 91.4 Å². The van der Waals surface area contributed by atoms with Crippen molar-refractivity contribution in [2.45, 2.75) is 51.7 Å². The molecule has 0 bridgehead atoms. The molecule has 0 radical (unpaired) electrons. The van der Waals surface area contributed by atoms with Gasteiger partial charge in [-0.15, -0.1) is 0 Å². The molecule has 0 aromatic rings. The van der Waals surface area contributed by atoms with E-state index in [0.717, 1.165) is 19.3 Å². The summed E-state index contributed by atoms with van der Waals surface area (Å²) in [5.74, 6) is 0.232. The van der Waals surface area contributed by atoms with Crippen LogP contribution in [0.4, 0.5) is 4.79 Å². The van der Waals surface area contributed by atoms with E-state index in [1.54, 1.807) is 0 Å². The molecule has 1 saturated carbocycles. The van der Waals surface area contributed by atoms with Crippen LogP contribution in [0, 0.1) is 5.92 Å². The minimum atomic E-state index is -0.236. The summed E-state index contributed by atoms with van der Waals surface area (Å²) in [6.07, 6.45) is 2.71. The zero-order chi connectivity index (χ0) is 11.5. The van der Waals surface area contributed by atoms with Crippen molar-refractivity contribution in [3.8, 4) is 0 Å². The van der Waals surface area contributed by atoms with Gasteiger partial charge in [0.05, 0.1) is 6.10 Å². The third kappa shape index (κ3) is 4.51. The predicted molar refractivity (Wildman–Crippen MR) is 59.6 cm³/mol. The first-order valence-corrected chi connectivity index (χ1v) is 5.62. The van der Waals surface area contributed by atoms with Crippen molar-refractivity contribution in [1.82, 2.24) is 10.6 Å². The average molecular weight is 214 g/mol. The van der Waals surface area contributed by atoms with E-state index in [0.29, 0.717) is 6.54 Å². The van der Waals surface area contributed by atoms with E-state index < -0.39 is 0 Å². The summed E-state index contributed by atoms with van der Waals surface area (Å²) in [6, 6.07) is -0.151. The normalized spacial score (nSPS) is 26.4. The Morgan fingerprint density at radius 2 is 2.07 bits per heavy atom. The van der Waals surface area contributed by atoms with E-state index in [-0.39, 0.29) is 23.6 Å². The molecule has 4 nitrogen and oxygen atoms in total. The Morgan fingerprint density at radius 1 is 1.40 bits per heavy atom. The molecule has 1 aliphatic carbocycles. The molecule has 3 N–H and O–H groups in total. The quantitative estimate of drug-likeness (QED) is 0.647. The summed E-state index contributed by atoms with van der Waals surface area (Å²) in [5, 5.41) is 15.2. The van der Waals surface area contributed by atoms with Gasteiger partial charge >= 0.3 is 6.03 Å². The standard InChI is InChI=1S/C11H22N2O2/c1-11(2,3)13-10(15)12-7-8-5-4-6-9(8)14/h8-9,14H,4-7H2,1-3H3,(H2,12,13,15). The lowest BCUT2D eigenvalue weighted by Crippen LogP contribution is -2.47. The van der Waals surface area contributed by atoms with E-state index in [1.165, 1.54) is 0 Å². The van der Waals surface area contributed by atoms with Crippen LogP contribution in [0.2, 0.25) is 0 Å². The number of carbonyl (C=O) groups excluding carboxylic acids is 1. The van der Waals surface area contributed by atoms with Crippen molar-refractivity contribution in [1.29, 1.82) is 0 Å². The minimum Gasteiger partial charge on any atom is -0.393 e. The maximum absolute atomic E-state index is 11.4. The maximum atomic E-state index is 11.4. The van der Waals surface area contributed by atoms with Gasteiger partial charge in [-0.2, -0.15) is 0 Å². The van der Waals surface area contributed by atoms with Crippen LogP contribution >= 0.6 is 0 Å². The van der Waals surface area contributed by atoms with Crippen LogP contribution in [0.25, 0.3) is 0 Å². The van der Waals surface area contributed by atoms with Crippen LogP contribution in [-0.2, 0) is 0 Å². The van der Waals surface area contributed by atoms with Crippen molar-refractivity contribution in [2.24, 2.45) is 5.92 Å². The number of nitrogens with one attached hydrogen (secondary N) is 2. The summed E-state index contributed by atoms with van der Waals surface area (Å²) in [4.78, 5) is 11.4. The van der Waals surface area contributed by atoms with Gasteiger partial charge in [0.25, 0.3) is 0 Å². The highest BCUT2D eigenvalue weighted by atomic mass is 16.3. The van der Waals surface area contributed by atoms with Gasteiger partial charge in [-0.05, 0) is 33.6 Å². The summed E-state index contributed by atoms with van der Waals surface area (Å²) in [6.45, 7) is 6.40. The molecule has 1 aliphatic rings. The van der Waals surface area contributed by atoms with Crippen molar-refractivity contribution < 1.29 is 9.90 Å². The second kappa shape index (κ2) is 4.84. The fourth-order valence-electron chi connectivity index (χ4n) is 1.86. The van der Waals surface area contributed by atoms with E-state index in [2.05, 4.69) is 10.6 Å². The van der Waals surface area contributed by atoms with Gasteiger partial charge in [0.15, 0.2) is 0 Å². The molecule has 1 rings (SSSR count). The zero-order valence-electron chi connectivity index (χ0n) is 9.84. The third-order valence-electron chi connectivity index (χ3n) is 2.63. The van der Waals surface area contributed by atoms with E-state index in [9.17, 15) is 9.90 Å². The SMILES string of the molecule is CC(C)(C)NC(=O)NCC1CCCC1O. The first kappa shape index (κ1) is 12.3. The Hall–Kier alpha value is -0.770. The van der Waals surface area contributed by atoms with Gasteiger partial charge in [-0.25, -0.2) is 4.79 Å². The Balaban J connectivity index is 2.22. The lowest BCUT2D eigenvalue weighted by atomic mass is 10.1. The highest BCUT2D eigenvalue weighted by molar-refractivity contribution is 5.74. The molecule has 4 heteroatoms. The summed E-state index contributed by atoms with van der Waals surface area (Å²) >= 11 is 0. The molecular formula is C11H22N2O2. The molecule has 2 amide bonds. The monoisotopic (exact) mass is 214 g/mol. The van der Waals surface area contributed by atoms with Crippen molar-refractivity contribution in [3.05, 3.63) is 0 Å². The van der Waals surface area contributed by atoms with Crippen LogP contribution in [0.15, 0.2) is 0 Å². The largest absolute Gasteiger partial charge is 0.393 e. The number of urea groups is 1. The summed E-state index contributed by atoms with van der Waals surface area (Å²) in [5.41, 5.74) is -0.210. The molecule has 0 aromatic carbocycles. The Kier molecular flexibility index (Phi) is 3.97. The Bertz CT molecular complexity index is 223. The predicted octanol–water partition coefficient (Wildman–Crippen LogP) is 1.25. The maximum Gasteiger partial charge on any atom is 0.315 e. The van der Waals surface area contributed by atoms with Gasteiger partial charge in [0, 0.05) is 18.0 Å². The number of hydrogen-bond donors (Lipinski definition) is 3. The number of carbonyl (C=O) groups is 1. The first-order chi connectivity index (χ1) is 6.88. The fourth-order valence-corrected chi connectivity index (χ4v) is 1.86. The average Bonchev–Trinajstić information content (AvgIpc) is 2.44. The number of hydrogen-bond acceptors (Lipinski definition) is 2. The molecule has 0 saturated heterocycles. The van der Waals surface area contributed by atoms with Crippen LogP contribution in [-0.4, -0.2) is 29.3 Å². The number of rotatable bonds is 2. The lowest BCUT2D eigenvalue weighted by Gasteiger charge is -2.22. The minimum absolute atomic E-state index is 0.151. The molecule has 2 atom stereocenters. The van der Waals surface area contributed by atoms with Gasteiger partial charge in [0.2, 0.25) is 0 Å². The van der Waals surface area contributed by atoms with E-state index >= 15 is 0 Å². The molecule has 0 spiro atoms. The van der Waals surface area contributed by atoms with Crippen LogP contribution in [0.1, 0.15) is 40.0 Å². The molecule has 1 fully saturated rings. The van der Waals surface area contributed by atoms with E-state index in [4.69, 9.17) is 0 Å². The highest BCUT2D eigenvalue weighted by Gasteiger charge is 2.25. The van der Waals surface area contributed by atoms with Crippen molar-refractivity contribution >= 4 is 6.03 Å². The number of aliphatic hydroxyl groups excluding tert-OH is 1. The van der Waals surface area contributed by atoms with Gasteiger partial charge in [0.1, 0.15) is 0 Å². The van der Waals surface area contributed by atoms with Gasteiger partial charge in [-0.1, -0.05) is 6.42 Å². The first-order valence-electron chi connectivity index (χ1n) is 5.62. The second-order valence-electron chi connectivity index (χ2n) is 5.34. The molecular weight excluding hydrogens is 192 g/mol. The van der Waals surface area contributed by atoms with E-state index in [1.807, 2.05) is 20.8 Å². The molecule has 88 valence electrons. The zero-order valence-corrected chi connectivity index (χ0v) is 9.84. The summed E-state index contributed by atoms with van der Waals surface area (Å²) in [7, 11) is 0. The fraction of sp³-hybridized carbons (Fsp3) is 0.909. The lowest BCUT2D eigenvalue weighted by molar-refractivity contribution is 0.132. The number of aliphatic hydroxyl groups is 1. The third-order valence-corrected chi connectivity index (χ3v) is 2.63. The molecule has 0 heterocycles. The van der Waals surface area contributed by atoms with Crippen LogP contribution in [0.5, 0.6) is 0 Å². The Morgan fingerprint density at radius 3 is 2.53 bits per heavy atom. The van der Waals surface area contributed by atoms with Gasteiger partial charge < -0.3 is 15.7 Å².